The lowest BCUT2D eigenvalue weighted by Crippen LogP contribution is -2.35. The van der Waals surface area contributed by atoms with Gasteiger partial charge in [0.2, 0.25) is 0 Å². The van der Waals surface area contributed by atoms with E-state index in [0.717, 1.165) is 27.5 Å². The van der Waals surface area contributed by atoms with Crippen molar-refractivity contribution in [3.63, 3.8) is 0 Å². The van der Waals surface area contributed by atoms with Crippen LogP contribution in [0.3, 0.4) is 0 Å². The molecule has 0 N–H and O–H groups in total. The van der Waals surface area contributed by atoms with Crippen LogP contribution in [0.4, 0.5) is 5.13 Å². The lowest BCUT2D eigenvalue weighted by molar-refractivity contribution is -0.114. The van der Waals surface area contributed by atoms with E-state index >= 15 is 0 Å². The molecule has 0 aliphatic heterocycles. The summed E-state index contributed by atoms with van der Waals surface area (Å²) in [6, 6.07) is 11.7. The van der Waals surface area contributed by atoms with Crippen molar-refractivity contribution in [1.82, 2.24) is 9.88 Å². The molecule has 0 saturated carbocycles. The Hall–Kier alpha value is -1.92. The van der Waals surface area contributed by atoms with Gasteiger partial charge in [0.05, 0.1) is 10.2 Å². The summed E-state index contributed by atoms with van der Waals surface area (Å²) < 4.78 is 1.12. The zero-order chi connectivity index (χ0) is 20.3. The molecule has 154 valence electrons. The van der Waals surface area contributed by atoms with Gasteiger partial charge in [-0.05, 0) is 62.8 Å². The van der Waals surface area contributed by atoms with Crippen molar-refractivity contribution in [2.75, 3.05) is 32.1 Å². The number of hydrogen-bond donors (Lipinski definition) is 0. The molecule has 1 aromatic heterocycles. The van der Waals surface area contributed by atoms with Gasteiger partial charge in [0, 0.05) is 24.2 Å². The fourth-order valence-corrected chi connectivity index (χ4v) is 4.19. The van der Waals surface area contributed by atoms with Gasteiger partial charge in [-0.15, -0.1) is 12.4 Å². The quantitative estimate of drug-likeness (QED) is 0.459. The minimum atomic E-state index is -0.102. The number of carbonyl (C=O) groups is 1. The van der Waals surface area contributed by atoms with Gasteiger partial charge in [-0.25, -0.2) is 4.98 Å². The molecule has 0 atom stereocenters. The van der Waals surface area contributed by atoms with Gasteiger partial charge in [0.25, 0.3) is 5.91 Å². The number of carbonyl (C=O) groups excluding carboxylic acids is 1. The van der Waals surface area contributed by atoms with E-state index in [1.807, 2.05) is 38.4 Å². The molecular weight excluding hydrogens is 425 g/mol. The van der Waals surface area contributed by atoms with Crippen molar-refractivity contribution in [3.05, 3.63) is 64.2 Å². The van der Waals surface area contributed by atoms with E-state index < -0.39 is 0 Å². The van der Waals surface area contributed by atoms with Crippen LogP contribution in [-0.2, 0) is 4.79 Å². The first-order chi connectivity index (χ1) is 13.3. The Morgan fingerprint density at radius 1 is 1.17 bits per heavy atom. The first kappa shape index (κ1) is 23.4. The van der Waals surface area contributed by atoms with Crippen LogP contribution in [0.1, 0.15) is 16.7 Å². The van der Waals surface area contributed by atoms with Crippen LogP contribution in [0.2, 0.25) is 5.02 Å². The van der Waals surface area contributed by atoms with E-state index in [9.17, 15) is 4.79 Å². The topological polar surface area (TPSA) is 36.4 Å². The number of thiazole rings is 1. The second-order valence-corrected chi connectivity index (χ2v) is 8.46. The Kier molecular flexibility index (Phi) is 8.23. The van der Waals surface area contributed by atoms with Crippen molar-refractivity contribution in [3.8, 4) is 0 Å². The third kappa shape index (κ3) is 5.80. The van der Waals surface area contributed by atoms with Crippen molar-refractivity contribution in [2.45, 2.75) is 13.8 Å². The van der Waals surface area contributed by atoms with Gasteiger partial charge < -0.3 is 4.90 Å². The Morgan fingerprint density at radius 3 is 2.59 bits per heavy atom. The summed E-state index contributed by atoms with van der Waals surface area (Å²) in [5.41, 5.74) is 4.12. The number of anilines is 1. The molecule has 0 radical (unpaired) electrons. The highest BCUT2D eigenvalue weighted by atomic mass is 35.5. The minimum Gasteiger partial charge on any atom is -0.308 e. The molecule has 0 aliphatic carbocycles. The first-order valence-corrected chi connectivity index (χ1v) is 10.3. The van der Waals surface area contributed by atoms with Crippen molar-refractivity contribution >= 4 is 62.7 Å². The van der Waals surface area contributed by atoms with Crippen molar-refractivity contribution < 1.29 is 4.79 Å². The lowest BCUT2D eigenvalue weighted by Gasteiger charge is -2.20. The number of aromatic nitrogens is 1. The number of hydrogen-bond acceptors (Lipinski definition) is 4. The summed E-state index contributed by atoms with van der Waals surface area (Å²) in [7, 11) is 3.99. The van der Waals surface area contributed by atoms with E-state index in [-0.39, 0.29) is 18.3 Å². The standard InChI is InChI=1S/C22H24ClN3OS.ClH/c1-15-13-16(2)21-19(14-15)24-22(28-21)26(12-11-25(3)4)20(27)10-9-17-7-5-6-8-18(17)23;/h5-10,13-14H,11-12H2,1-4H3;1H. The highest BCUT2D eigenvalue weighted by Gasteiger charge is 2.19. The SMILES string of the molecule is Cc1cc(C)c2sc(N(CCN(C)C)C(=O)C=Cc3ccccc3Cl)nc2c1.Cl. The summed E-state index contributed by atoms with van der Waals surface area (Å²) in [6.45, 7) is 5.46. The van der Waals surface area contributed by atoms with E-state index in [4.69, 9.17) is 16.6 Å². The molecule has 0 aliphatic rings. The van der Waals surface area contributed by atoms with Gasteiger partial charge in [0.1, 0.15) is 0 Å². The molecule has 2 aromatic carbocycles. The molecule has 0 bridgehead atoms. The molecule has 3 rings (SSSR count). The fraction of sp³-hybridized carbons (Fsp3) is 0.273. The van der Waals surface area contributed by atoms with Crippen LogP contribution >= 0.6 is 35.3 Å². The smallest absolute Gasteiger partial charge is 0.252 e. The predicted molar refractivity (Wildman–Crippen MR) is 128 cm³/mol. The number of benzene rings is 2. The number of aryl methyl sites for hydroxylation is 2. The average Bonchev–Trinajstić information content (AvgIpc) is 3.05. The van der Waals surface area contributed by atoms with Crippen LogP contribution in [0.25, 0.3) is 16.3 Å². The van der Waals surface area contributed by atoms with E-state index in [1.165, 1.54) is 11.1 Å². The zero-order valence-electron chi connectivity index (χ0n) is 17.0. The molecule has 0 saturated heterocycles. The van der Waals surface area contributed by atoms with Gasteiger partial charge in [-0.3, -0.25) is 9.69 Å². The Morgan fingerprint density at radius 2 is 1.90 bits per heavy atom. The average molecular weight is 450 g/mol. The van der Waals surface area contributed by atoms with Gasteiger partial charge in [-0.2, -0.15) is 0 Å². The van der Waals surface area contributed by atoms with E-state index in [2.05, 4.69) is 30.9 Å². The minimum absolute atomic E-state index is 0. The van der Waals surface area contributed by atoms with Crippen molar-refractivity contribution in [1.29, 1.82) is 0 Å². The molecule has 0 fully saturated rings. The summed E-state index contributed by atoms with van der Waals surface area (Å²) in [5.74, 6) is -0.102. The molecule has 1 heterocycles. The number of likely N-dealkylation sites (N-methyl/N-ethyl adjacent to an activating group) is 1. The molecule has 0 spiro atoms. The molecule has 1 amide bonds. The third-order valence-electron chi connectivity index (χ3n) is 4.39. The fourth-order valence-electron chi connectivity index (χ4n) is 2.94. The second kappa shape index (κ2) is 10.2. The normalized spacial score (nSPS) is 11.2. The first-order valence-electron chi connectivity index (χ1n) is 9.12. The third-order valence-corrected chi connectivity index (χ3v) is 5.96. The largest absolute Gasteiger partial charge is 0.308 e. The van der Waals surface area contributed by atoms with Crippen LogP contribution in [-0.4, -0.2) is 43.0 Å². The summed E-state index contributed by atoms with van der Waals surface area (Å²) >= 11 is 7.76. The van der Waals surface area contributed by atoms with Crippen molar-refractivity contribution in [2.24, 2.45) is 0 Å². The second-order valence-electron chi connectivity index (χ2n) is 7.07. The maximum Gasteiger partial charge on any atom is 0.252 e. The summed E-state index contributed by atoms with van der Waals surface area (Å²) in [5, 5.41) is 1.34. The van der Waals surface area contributed by atoms with Crippen LogP contribution < -0.4 is 4.90 Å². The van der Waals surface area contributed by atoms with Crippen LogP contribution in [0.15, 0.2) is 42.5 Å². The molecule has 7 heteroatoms. The Balaban J connectivity index is 0.00000300. The summed E-state index contributed by atoms with van der Waals surface area (Å²) in [6.07, 6.45) is 3.33. The molecule has 3 aromatic rings. The predicted octanol–water partition coefficient (Wildman–Crippen LogP) is 5.60. The molecular formula is C22H25Cl2N3OS. The van der Waals surface area contributed by atoms with Gasteiger partial charge in [-0.1, -0.05) is 47.2 Å². The van der Waals surface area contributed by atoms with Crippen LogP contribution in [0, 0.1) is 13.8 Å². The number of fused-ring (bicyclic) bond motifs is 1. The van der Waals surface area contributed by atoms with Gasteiger partial charge in [0.15, 0.2) is 5.13 Å². The highest BCUT2D eigenvalue weighted by molar-refractivity contribution is 7.22. The summed E-state index contributed by atoms with van der Waals surface area (Å²) in [4.78, 5) is 21.6. The number of rotatable bonds is 6. The van der Waals surface area contributed by atoms with E-state index in [1.54, 1.807) is 28.4 Å². The van der Waals surface area contributed by atoms with E-state index in [0.29, 0.717) is 11.6 Å². The monoisotopic (exact) mass is 449 g/mol. The highest BCUT2D eigenvalue weighted by Crippen LogP contribution is 2.32. The maximum atomic E-state index is 13.0. The zero-order valence-corrected chi connectivity index (χ0v) is 19.4. The maximum absolute atomic E-state index is 13.0. The molecule has 0 unspecified atom stereocenters. The van der Waals surface area contributed by atoms with Crippen LogP contribution in [0.5, 0.6) is 0 Å². The Bertz CT molecular complexity index is 1030. The lowest BCUT2D eigenvalue weighted by atomic mass is 10.1. The van der Waals surface area contributed by atoms with Gasteiger partial charge >= 0.3 is 0 Å². The number of halogens is 2. The molecule has 4 nitrogen and oxygen atoms in total. The number of nitrogens with zero attached hydrogens (tertiary/aromatic N) is 3. The number of amides is 1. The Labute approximate surface area is 187 Å². The molecule has 29 heavy (non-hydrogen) atoms.